The highest BCUT2D eigenvalue weighted by Gasteiger charge is 2.21. The molecule has 182 valence electrons. The van der Waals surface area contributed by atoms with Crippen LogP contribution in [0.15, 0.2) is 30.6 Å². The Hall–Kier alpha value is -3.40. The molecular weight excluding hydrogens is 434 g/mol. The first kappa shape index (κ1) is 23.7. The Morgan fingerprint density at radius 1 is 1.21 bits per heavy atom. The number of hydrogen-bond donors (Lipinski definition) is 4. The molecule has 0 spiro atoms. The van der Waals surface area contributed by atoms with E-state index in [1.54, 1.807) is 12.4 Å². The molecule has 3 aromatic rings. The van der Waals surface area contributed by atoms with E-state index in [4.69, 9.17) is 14.7 Å². The molecule has 0 atom stereocenters. The van der Waals surface area contributed by atoms with E-state index in [9.17, 15) is 9.90 Å². The fraction of sp³-hybridized carbons (Fsp3) is 0.500. The van der Waals surface area contributed by atoms with Crippen molar-refractivity contribution >= 4 is 40.4 Å². The number of anilines is 4. The zero-order chi connectivity index (χ0) is 24.1. The van der Waals surface area contributed by atoms with Gasteiger partial charge in [-0.15, -0.1) is 0 Å². The lowest BCUT2D eigenvalue weighted by atomic mass is 9.93. The van der Waals surface area contributed by atoms with E-state index in [-0.39, 0.29) is 18.1 Å². The SMILES string of the molecule is CCn1cnc2c(Nc3cccc(NC(=O)OCC(C)C)c3)nc(N[C@H]3CC[C@H](O)CC3)nc21. The van der Waals surface area contributed by atoms with Crippen molar-refractivity contribution in [1.29, 1.82) is 0 Å². The molecule has 0 aliphatic heterocycles. The first-order valence-electron chi connectivity index (χ1n) is 11.9. The van der Waals surface area contributed by atoms with Gasteiger partial charge in [0.05, 0.1) is 19.0 Å². The molecule has 0 unspecified atom stereocenters. The summed E-state index contributed by atoms with van der Waals surface area (Å²) in [5.41, 5.74) is 2.77. The van der Waals surface area contributed by atoms with Gasteiger partial charge < -0.3 is 25.0 Å². The van der Waals surface area contributed by atoms with Crippen molar-refractivity contribution in [1.82, 2.24) is 19.5 Å². The summed E-state index contributed by atoms with van der Waals surface area (Å²) in [5.74, 6) is 1.37. The van der Waals surface area contributed by atoms with Gasteiger partial charge in [-0.25, -0.2) is 9.78 Å². The lowest BCUT2D eigenvalue weighted by Gasteiger charge is -2.26. The number of benzene rings is 1. The molecule has 2 aromatic heterocycles. The topological polar surface area (TPSA) is 126 Å². The van der Waals surface area contributed by atoms with Crippen LogP contribution in [0.4, 0.5) is 27.9 Å². The summed E-state index contributed by atoms with van der Waals surface area (Å²) >= 11 is 0. The van der Waals surface area contributed by atoms with Crippen LogP contribution in [-0.2, 0) is 11.3 Å². The molecule has 1 saturated carbocycles. The third-order valence-electron chi connectivity index (χ3n) is 5.75. The van der Waals surface area contributed by atoms with Crippen LogP contribution in [0.1, 0.15) is 46.5 Å². The van der Waals surface area contributed by atoms with E-state index in [2.05, 4.69) is 20.9 Å². The molecule has 1 aliphatic carbocycles. The maximum Gasteiger partial charge on any atom is 0.411 e. The van der Waals surface area contributed by atoms with E-state index in [0.29, 0.717) is 29.6 Å². The van der Waals surface area contributed by atoms with Crippen molar-refractivity contribution in [3.8, 4) is 0 Å². The largest absolute Gasteiger partial charge is 0.449 e. The maximum absolute atomic E-state index is 12.0. The number of aryl methyl sites for hydroxylation is 1. The zero-order valence-electron chi connectivity index (χ0n) is 19.9. The van der Waals surface area contributed by atoms with Crippen LogP contribution < -0.4 is 16.0 Å². The van der Waals surface area contributed by atoms with Gasteiger partial charge in [0.1, 0.15) is 0 Å². The Labute approximate surface area is 199 Å². The van der Waals surface area contributed by atoms with Crippen molar-refractivity contribution in [2.24, 2.45) is 5.92 Å². The molecule has 1 fully saturated rings. The molecule has 1 aliphatic rings. The number of hydrogen-bond acceptors (Lipinski definition) is 8. The van der Waals surface area contributed by atoms with Gasteiger partial charge >= 0.3 is 6.09 Å². The monoisotopic (exact) mass is 467 g/mol. The van der Waals surface area contributed by atoms with Gasteiger partial charge in [-0.3, -0.25) is 5.32 Å². The molecule has 1 amide bonds. The van der Waals surface area contributed by atoms with Gasteiger partial charge in [-0.1, -0.05) is 19.9 Å². The number of aromatic nitrogens is 4. The number of fused-ring (bicyclic) bond motifs is 1. The highest BCUT2D eigenvalue weighted by Crippen LogP contribution is 2.27. The molecule has 34 heavy (non-hydrogen) atoms. The van der Waals surface area contributed by atoms with E-state index < -0.39 is 6.09 Å². The number of ether oxygens (including phenoxy) is 1. The molecule has 10 heteroatoms. The van der Waals surface area contributed by atoms with Crippen LogP contribution in [0.5, 0.6) is 0 Å². The quantitative estimate of drug-likeness (QED) is 0.381. The first-order valence-corrected chi connectivity index (χ1v) is 11.9. The summed E-state index contributed by atoms with van der Waals surface area (Å²) in [5, 5.41) is 19.3. The number of aliphatic hydroxyl groups is 1. The first-order chi connectivity index (χ1) is 16.4. The summed E-state index contributed by atoms with van der Waals surface area (Å²) in [6.45, 7) is 7.11. The predicted molar refractivity (Wildman–Crippen MR) is 132 cm³/mol. The Balaban J connectivity index is 1.55. The summed E-state index contributed by atoms with van der Waals surface area (Å²) in [6.07, 6.45) is 4.35. The van der Waals surface area contributed by atoms with Gasteiger partial charge in [0, 0.05) is 24.0 Å². The van der Waals surface area contributed by atoms with Crippen molar-refractivity contribution in [3.05, 3.63) is 30.6 Å². The second kappa shape index (κ2) is 10.7. The molecule has 0 radical (unpaired) electrons. The van der Waals surface area contributed by atoms with E-state index >= 15 is 0 Å². The fourth-order valence-corrected chi connectivity index (χ4v) is 3.94. The Morgan fingerprint density at radius 2 is 1.97 bits per heavy atom. The van der Waals surface area contributed by atoms with E-state index in [1.165, 1.54) is 0 Å². The number of carbonyl (C=O) groups is 1. The van der Waals surface area contributed by atoms with Gasteiger partial charge in [-0.2, -0.15) is 9.97 Å². The number of carbonyl (C=O) groups excluding carboxylic acids is 1. The van der Waals surface area contributed by atoms with Crippen LogP contribution in [0.3, 0.4) is 0 Å². The minimum Gasteiger partial charge on any atom is -0.449 e. The molecule has 4 N–H and O–H groups in total. The Morgan fingerprint density at radius 3 is 2.71 bits per heavy atom. The highest BCUT2D eigenvalue weighted by molar-refractivity contribution is 5.88. The number of amides is 1. The fourth-order valence-electron chi connectivity index (χ4n) is 3.94. The van der Waals surface area contributed by atoms with Crippen LogP contribution in [0.25, 0.3) is 11.2 Å². The van der Waals surface area contributed by atoms with Crippen LogP contribution >= 0.6 is 0 Å². The van der Waals surface area contributed by atoms with Crippen LogP contribution in [0.2, 0.25) is 0 Å². The third kappa shape index (κ3) is 5.93. The number of nitrogens with zero attached hydrogens (tertiary/aromatic N) is 4. The molecule has 2 heterocycles. The molecule has 0 bridgehead atoms. The lowest BCUT2D eigenvalue weighted by molar-refractivity contribution is 0.126. The maximum atomic E-state index is 12.0. The zero-order valence-corrected chi connectivity index (χ0v) is 19.9. The summed E-state index contributed by atoms with van der Waals surface area (Å²) in [7, 11) is 0. The second-order valence-electron chi connectivity index (χ2n) is 9.07. The van der Waals surface area contributed by atoms with Gasteiger partial charge in [0.25, 0.3) is 0 Å². The number of imidazole rings is 1. The average Bonchev–Trinajstić information content (AvgIpc) is 3.23. The normalized spacial score (nSPS) is 18.1. The molecule has 10 nitrogen and oxygen atoms in total. The van der Waals surface area contributed by atoms with E-state index in [1.807, 2.05) is 43.5 Å². The van der Waals surface area contributed by atoms with Crippen molar-refractivity contribution in [3.63, 3.8) is 0 Å². The van der Waals surface area contributed by atoms with E-state index in [0.717, 1.165) is 43.6 Å². The van der Waals surface area contributed by atoms with Gasteiger partial charge in [-0.05, 0) is 56.7 Å². The summed E-state index contributed by atoms with van der Waals surface area (Å²) < 4.78 is 7.18. The summed E-state index contributed by atoms with van der Waals surface area (Å²) in [6, 6.07) is 7.57. The minimum atomic E-state index is -0.485. The highest BCUT2D eigenvalue weighted by atomic mass is 16.5. The predicted octanol–water partition coefficient (Wildman–Crippen LogP) is 4.51. The van der Waals surface area contributed by atoms with Crippen molar-refractivity contribution in [2.75, 3.05) is 22.6 Å². The molecular formula is C24H33N7O3. The Kier molecular flexibility index (Phi) is 7.46. The standard InChI is InChI=1S/C24H33N7O3/c1-4-31-14-25-20-21(29-23(30-22(20)31)27-16-8-10-19(32)11-9-16)26-17-6-5-7-18(12-17)28-24(33)34-13-15(2)3/h5-7,12,14-16,19,32H,4,8-11,13H2,1-3H3,(H,28,33)(H2,26,27,29,30)/t16-,19-. The van der Waals surface area contributed by atoms with Crippen LogP contribution in [-0.4, -0.2) is 49.5 Å². The summed E-state index contributed by atoms with van der Waals surface area (Å²) in [4.78, 5) is 26.0. The molecule has 1 aromatic carbocycles. The lowest BCUT2D eigenvalue weighted by Crippen LogP contribution is -2.29. The minimum absolute atomic E-state index is 0.219. The smallest absolute Gasteiger partial charge is 0.411 e. The van der Waals surface area contributed by atoms with Crippen LogP contribution in [0, 0.1) is 5.92 Å². The second-order valence-corrected chi connectivity index (χ2v) is 9.07. The number of aliphatic hydroxyl groups excluding tert-OH is 1. The molecule has 0 saturated heterocycles. The average molecular weight is 468 g/mol. The Bertz CT molecular complexity index is 1120. The van der Waals surface area contributed by atoms with Gasteiger partial charge in [0.2, 0.25) is 5.95 Å². The number of nitrogens with one attached hydrogen (secondary N) is 3. The number of rotatable bonds is 8. The van der Waals surface area contributed by atoms with Gasteiger partial charge in [0.15, 0.2) is 17.0 Å². The third-order valence-corrected chi connectivity index (χ3v) is 5.75. The molecule has 4 rings (SSSR count). The van der Waals surface area contributed by atoms with Crippen molar-refractivity contribution < 1.29 is 14.6 Å². The van der Waals surface area contributed by atoms with Crippen molar-refractivity contribution in [2.45, 2.75) is 65.1 Å².